The first-order valence-corrected chi connectivity index (χ1v) is 7.25. The van der Waals surface area contributed by atoms with E-state index in [9.17, 15) is 4.79 Å². The second-order valence-electron chi connectivity index (χ2n) is 4.40. The van der Waals surface area contributed by atoms with Gasteiger partial charge in [0.15, 0.2) is 5.16 Å². The smallest absolute Gasteiger partial charge is 0.340 e. The fourth-order valence-corrected chi connectivity index (χ4v) is 2.68. The van der Waals surface area contributed by atoms with Crippen LogP contribution in [0.15, 0.2) is 29.7 Å². The molecule has 0 spiro atoms. The summed E-state index contributed by atoms with van der Waals surface area (Å²) in [4.78, 5) is 20.7. The molecule has 0 amide bonds. The van der Waals surface area contributed by atoms with E-state index in [0.29, 0.717) is 10.7 Å². The number of carbonyl (C=O) groups excluding carboxylic acids is 1. The molecule has 6 heteroatoms. The lowest BCUT2D eigenvalue weighted by molar-refractivity contribution is 0.0603. The Morgan fingerprint density at radius 1 is 1.40 bits per heavy atom. The number of esters is 1. The predicted molar refractivity (Wildman–Crippen MR) is 79.1 cm³/mol. The summed E-state index contributed by atoms with van der Waals surface area (Å²) in [6.07, 6.45) is 5.52. The molecule has 1 aromatic carbocycles. The zero-order chi connectivity index (χ0) is 14.3. The molecular formula is C14H13N3O2S. The molecule has 0 fully saturated rings. The minimum atomic E-state index is -0.339. The van der Waals surface area contributed by atoms with Gasteiger partial charge in [-0.15, -0.1) is 0 Å². The molecule has 20 heavy (non-hydrogen) atoms. The number of aromatic nitrogens is 3. The first-order valence-electron chi connectivity index (χ1n) is 6.02. The molecule has 0 saturated heterocycles. The van der Waals surface area contributed by atoms with E-state index < -0.39 is 0 Å². The van der Waals surface area contributed by atoms with Crippen LogP contribution in [0, 0.1) is 0 Å². The number of nitrogens with zero attached hydrogens (tertiary/aromatic N) is 3. The number of rotatable bonds is 2. The van der Waals surface area contributed by atoms with Gasteiger partial charge in [-0.2, -0.15) is 0 Å². The minimum absolute atomic E-state index is 0.339. The van der Waals surface area contributed by atoms with Crippen molar-refractivity contribution in [2.75, 3.05) is 13.4 Å². The third-order valence-electron chi connectivity index (χ3n) is 3.26. The number of thioether (sulfide) groups is 1. The quantitative estimate of drug-likeness (QED) is 0.412. The van der Waals surface area contributed by atoms with Crippen LogP contribution in [-0.2, 0) is 11.8 Å². The molecule has 0 N–H and O–H groups in total. The third kappa shape index (κ3) is 1.84. The number of hydrogen-bond acceptors (Lipinski definition) is 5. The maximum atomic E-state index is 11.8. The van der Waals surface area contributed by atoms with Gasteiger partial charge in [0.05, 0.1) is 23.7 Å². The zero-order valence-corrected chi connectivity index (χ0v) is 12.2. The highest BCUT2D eigenvalue weighted by atomic mass is 32.2. The van der Waals surface area contributed by atoms with Crippen molar-refractivity contribution in [3.63, 3.8) is 0 Å². The summed E-state index contributed by atoms with van der Waals surface area (Å²) in [6, 6.07) is 3.83. The van der Waals surface area contributed by atoms with Crippen molar-refractivity contribution >= 4 is 39.5 Å². The summed E-state index contributed by atoms with van der Waals surface area (Å²) in [5.41, 5.74) is 2.32. The Balaban J connectivity index is 2.41. The summed E-state index contributed by atoms with van der Waals surface area (Å²) in [7, 11) is 3.28. The topological polar surface area (TPSA) is 57.0 Å². The normalized spacial score (nSPS) is 11.2. The van der Waals surface area contributed by atoms with Crippen molar-refractivity contribution in [2.24, 2.45) is 7.05 Å². The van der Waals surface area contributed by atoms with Gasteiger partial charge in [0, 0.05) is 30.2 Å². The average Bonchev–Trinajstić information content (AvgIpc) is 2.83. The van der Waals surface area contributed by atoms with Gasteiger partial charge in [-0.1, -0.05) is 23.9 Å². The number of hydrogen-bond donors (Lipinski definition) is 0. The predicted octanol–water partition coefficient (Wildman–Crippen LogP) is 2.63. The van der Waals surface area contributed by atoms with Crippen molar-refractivity contribution in [2.45, 2.75) is 5.16 Å². The Kier molecular flexibility index (Phi) is 3.10. The molecule has 3 aromatic rings. The minimum Gasteiger partial charge on any atom is -0.465 e. The average molecular weight is 287 g/mol. The molecule has 0 unspecified atom stereocenters. The van der Waals surface area contributed by atoms with Gasteiger partial charge in [-0.25, -0.2) is 14.8 Å². The van der Waals surface area contributed by atoms with Gasteiger partial charge < -0.3 is 9.30 Å². The number of carbonyl (C=O) groups is 1. The number of ether oxygens (including phenoxy) is 1. The monoisotopic (exact) mass is 287 g/mol. The van der Waals surface area contributed by atoms with Gasteiger partial charge in [0.1, 0.15) is 0 Å². The van der Waals surface area contributed by atoms with Gasteiger partial charge in [-0.05, 0) is 6.26 Å². The van der Waals surface area contributed by atoms with Crippen molar-refractivity contribution < 1.29 is 9.53 Å². The van der Waals surface area contributed by atoms with E-state index in [2.05, 4.69) is 9.97 Å². The van der Waals surface area contributed by atoms with Crippen molar-refractivity contribution in [3.05, 3.63) is 30.1 Å². The third-order valence-corrected chi connectivity index (χ3v) is 3.82. The number of aryl methyl sites for hydroxylation is 1. The molecule has 0 saturated carbocycles. The van der Waals surface area contributed by atoms with E-state index in [4.69, 9.17) is 4.74 Å². The molecule has 3 rings (SSSR count). The summed E-state index contributed by atoms with van der Waals surface area (Å²) in [5.74, 6) is -0.339. The lowest BCUT2D eigenvalue weighted by Crippen LogP contribution is -1.99. The Morgan fingerprint density at radius 3 is 2.90 bits per heavy atom. The molecule has 0 aliphatic carbocycles. The van der Waals surface area contributed by atoms with Crippen LogP contribution in [0.5, 0.6) is 0 Å². The van der Waals surface area contributed by atoms with E-state index in [1.165, 1.54) is 18.9 Å². The lowest BCUT2D eigenvalue weighted by atomic mass is 10.1. The van der Waals surface area contributed by atoms with E-state index in [1.807, 2.05) is 30.0 Å². The molecule has 2 aromatic heterocycles. The fourth-order valence-electron chi connectivity index (χ4n) is 2.34. The van der Waals surface area contributed by atoms with E-state index in [0.717, 1.165) is 21.8 Å². The molecule has 0 radical (unpaired) electrons. The van der Waals surface area contributed by atoms with Crippen LogP contribution >= 0.6 is 11.8 Å². The summed E-state index contributed by atoms with van der Waals surface area (Å²) < 4.78 is 6.73. The SMILES string of the molecule is COC(=O)c1cn(C)c2c1ccc1cnc(SC)nc12. The van der Waals surface area contributed by atoms with Crippen molar-refractivity contribution in [1.82, 2.24) is 14.5 Å². The van der Waals surface area contributed by atoms with Gasteiger partial charge >= 0.3 is 5.97 Å². The van der Waals surface area contributed by atoms with Crippen LogP contribution in [0.1, 0.15) is 10.4 Å². The number of benzene rings is 1. The van der Waals surface area contributed by atoms with Gasteiger partial charge in [0.25, 0.3) is 0 Å². The Morgan fingerprint density at radius 2 is 2.20 bits per heavy atom. The number of fused-ring (bicyclic) bond motifs is 3. The van der Waals surface area contributed by atoms with Crippen LogP contribution < -0.4 is 0 Å². The van der Waals surface area contributed by atoms with E-state index in [1.54, 1.807) is 12.4 Å². The van der Waals surface area contributed by atoms with Gasteiger partial charge in [0.2, 0.25) is 0 Å². The van der Waals surface area contributed by atoms with E-state index >= 15 is 0 Å². The lowest BCUT2D eigenvalue weighted by Gasteiger charge is -2.03. The summed E-state index contributed by atoms with van der Waals surface area (Å²) in [5, 5.41) is 2.51. The fraction of sp³-hybridized carbons (Fsp3) is 0.214. The molecule has 0 atom stereocenters. The molecule has 102 valence electrons. The molecule has 0 aliphatic heterocycles. The number of methoxy groups -OCH3 is 1. The van der Waals surface area contributed by atoms with Crippen LogP contribution in [0.25, 0.3) is 21.8 Å². The molecule has 0 bridgehead atoms. The Labute approximate surface area is 120 Å². The molecular weight excluding hydrogens is 274 g/mol. The van der Waals surface area contributed by atoms with Gasteiger partial charge in [-0.3, -0.25) is 0 Å². The summed E-state index contributed by atoms with van der Waals surface area (Å²) in [6.45, 7) is 0. The van der Waals surface area contributed by atoms with E-state index in [-0.39, 0.29) is 5.97 Å². The van der Waals surface area contributed by atoms with Crippen LogP contribution in [0.3, 0.4) is 0 Å². The van der Waals surface area contributed by atoms with Crippen LogP contribution in [0.2, 0.25) is 0 Å². The summed E-state index contributed by atoms with van der Waals surface area (Å²) >= 11 is 1.49. The maximum Gasteiger partial charge on any atom is 0.340 e. The Hall–Kier alpha value is -2.08. The largest absolute Gasteiger partial charge is 0.465 e. The zero-order valence-electron chi connectivity index (χ0n) is 11.4. The first-order chi connectivity index (χ1) is 9.65. The second-order valence-corrected chi connectivity index (χ2v) is 5.17. The second kappa shape index (κ2) is 4.79. The first kappa shape index (κ1) is 12.9. The van der Waals surface area contributed by atoms with Crippen LogP contribution in [-0.4, -0.2) is 33.9 Å². The molecule has 5 nitrogen and oxygen atoms in total. The standard InChI is InChI=1S/C14H13N3O2S/c1-17-7-10(13(18)19-2)9-5-4-8-6-15-14(20-3)16-11(8)12(9)17/h4-7H,1-3H3. The molecule has 0 aliphatic rings. The van der Waals surface area contributed by atoms with Crippen molar-refractivity contribution in [1.29, 1.82) is 0 Å². The Bertz CT molecular complexity index is 826. The van der Waals surface area contributed by atoms with Crippen molar-refractivity contribution in [3.8, 4) is 0 Å². The highest BCUT2D eigenvalue weighted by molar-refractivity contribution is 7.98. The van der Waals surface area contributed by atoms with Crippen LogP contribution in [0.4, 0.5) is 0 Å². The maximum absolute atomic E-state index is 11.8. The highest BCUT2D eigenvalue weighted by Crippen LogP contribution is 2.28. The highest BCUT2D eigenvalue weighted by Gasteiger charge is 2.17. The molecule has 2 heterocycles.